The molecular formula is C10H11ClN4O2S. The van der Waals surface area contributed by atoms with Crippen molar-refractivity contribution in [2.24, 2.45) is 0 Å². The molecular weight excluding hydrogens is 276 g/mol. The quantitative estimate of drug-likeness (QED) is 0.848. The van der Waals surface area contributed by atoms with E-state index < -0.39 is 11.2 Å². The minimum Gasteiger partial charge on any atom is -0.297 e. The first-order chi connectivity index (χ1) is 8.41. The number of halogens is 1. The summed E-state index contributed by atoms with van der Waals surface area (Å²) in [5.41, 5.74) is -0.690. The van der Waals surface area contributed by atoms with Crippen molar-refractivity contribution in [2.75, 3.05) is 0 Å². The summed E-state index contributed by atoms with van der Waals surface area (Å²) in [6.45, 7) is 5.35. The van der Waals surface area contributed by atoms with Gasteiger partial charge in [0.15, 0.2) is 0 Å². The molecule has 0 saturated carbocycles. The van der Waals surface area contributed by atoms with Crippen molar-refractivity contribution in [2.45, 2.75) is 26.7 Å². The molecule has 18 heavy (non-hydrogen) atoms. The van der Waals surface area contributed by atoms with Gasteiger partial charge in [-0.2, -0.15) is 4.37 Å². The van der Waals surface area contributed by atoms with Crippen molar-refractivity contribution >= 4 is 23.1 Å². The zero-order valence-corrected chi connectivity index (χ0v) is 11.6. The molecule has 0 radical (unpaired) electrons. The van der Waals surface area contributed by atoms with E-state index in [0.717, 1.165) is 16.1 Å². The Morgan fingerprint density at radius 1 is 1.39 bits per heavy atom. The molecule has 0 saturated heterocycles. The number of hydrogen-bond donors (Lipinski definition) is 1. The molecule has 0 unspecified atom stereocenters. The SMILES string of the molecule is Cc1nsc(-n2c(=O)[nH]c(Cl)c(C(C)C)c2=O)n1. The maximum Gasteiger partial charge on any atom is 0.336 e. The number of nitrogens with one attached hydrogen (secondary N) is 1. The van der Waals surface area contributed by atoms with E-state index in [9.17, 15) is 9.59 Å². The van der Waals surface area contributed by atoms with Gasteiger partial charge in [-0.25, -0.2) is 14.3 Å². The molecule has 2 heterocycles. The van der Waals surface area contributed by atoms with Crippen LogP contribution in [0.15, 0.2) is 9.59 Å². The molecule has 8 heteroatoms. The molecule has 0 bridgehead atoms. The third kappa shape index (κ3) is 2.11. The van der Waals surface area contributed by atoms with Gasteiger partial charge in [0.05, 0.1) is 5.56 Å². The Balaban J connectivity index is 2.80. The smallest absolute Gasteiger partial charge is 0.297 e. The van der Waals surface area contributed by atoms with Crippen LogP contribution in [0.3, 0.4) is 0 Å². The van der Waals surface area contributed by atoms with Crippen molar-refractivity contribution in [3.63, 3.8) is 0 Å². The summed E-state index contributed by atoms with van der Waals surface area (Å²) in [4.78, 5) is 30.6. The average molecular weight is 287 g/mol. The molecule has 2 aromatic rings. The van der Waals surface area contributed by atoms with Crippen LogP contribution < -0.4 is 11.2 Å². The van der Waals surface area contributed by atoms with Crippen molar-refractivity contribution in [1.82, 2.24) is 18.9 Å². The molecule has 0 amide bonds. The number of aryl methyl sites for hydroxylation is 1. The van der Waals surface area contributed by atoms with E-state index >= 15 is 0 Å². The van der Waals surface area contributed by atoms with Crippen molar-refractivity contribution < 1.29 is 0 Å². The highest BCUT2D eigenvalue weighted by atomic mass is 35.5. The largest absolute Gasteiger partial charge is 0.336 e. The fraction of sp³-hybridized carbons (Fsp3) is 0.400. The summed E-state index contributed by atoms with van der Waals surface area (Å²) in [7, 11) is 0. The van der Waals surface area contributed by atoms with Crippen molar-refractivity contribution in [1.29, 1.82) is 0 Å². The predicted octanol–water partition coefficient (Wildman–Crippen LogP) is 1.46. The van der Waals surface area contributed by atoms with Crippen LogP contribution in [0.1, 0.15) is 31.2 Å². The van der Waals surface area contributed by atoms with Gasteiger partial charge in [0.1, 0.15) is 11.0 Å². The summed E-state index contributed by atoms with van der Waals surface area (Å²) in [6.07, 6.45) is 0. The lowest BCUT2D eigenvalue weighted by Crippen LogP contribution is -2.36. The number of hydrogen-bond acceptors (Lipinski definition) is 5. The van der Waals surface area contributed by atoms with E-state index in [1.807, 2.05) is 13.8 Å². The van der Waals surface area contributed by atoms with Crippen LogP contribution in [0, 0.1) is 6.92 Å². The van der Waals surface area contributed by atoms with Gasteiger partial charge in [0.2, 0.25) is 5.13 Å². The highest BCUT2D eigenvalue weighted by Gasteiger charge is 2.18. The van der Waals surface area contributed by atoms with E-state index in [-0.39, 0.29) is 16.2 Å². The van der Waals surface area contributed by atoms with Crippen LogP contribution in [0.5, 0.6) is 0 Å². The monoisotopic (exact) mass is 286 g/mol. The Morgan fingerprint density at radius 3 is 2.56 bits per heavy atom. The van der Waals surface area contributed by atoms with E-state index in [4.69, 9.17) is 11.6 Å². The molecule has 0 atom stereocenters. The van der Waals surface area contributed by atoms with Gasteiger partial charge in [-0.05, 0) is 12.8 Å². The summed E-state index contributed by atoms with van der Waals surface area (Å²) < 4.78 is 4.92. The fourth-order valence-electron chi connectivity index (χ4n) is 1.57. The first kappa shape index (κ1) is 13.0. The molecule has 0 spiro atoms. The maximum atomic E-state index is 12.3. The number of H-pyrrole nitrogens is 1. The lowest BCUT2D eigenvalue weighted by molar-refractivity contribution is 0.773. The van der Waals surface area contributed by atoms with Gasteiger partial charge in [-0.1, -0.05) is 25.4 Å². The predicted molar refractivity (Wildman–Crippen MR) is 70.0 cm³/mol. The molecule has 2 rings (SSSR count). The van der Waals surface area contributed by atoms with Crippen LogP contribution in [-0.2, 0) is 0 Å². The second kappa shape index (κ2) is 4.66. The van der Waals surface area contributed by atoms with Crippen LogP contribution >= 0.6 is 23.1 Å². The summed E-state index contributed by atoms with van der Waals surface area (Å²) >= 11 is 6.89. The van der Waals surface area contributed by atoms with E-state index in [1.165, 1.54) is 0 Å². The Hall–Kier alpha value is -1.47. The van der Waals surface area contributed by atoms with Gasteiger partial charge >= 0.3 is 5.69 Å². The third-order valence-electron chi connectivity index (χ3n) is 2.38. The normalized spacial score (nSPS) is 11.2. The second-order valence-corrected chi connectivity index (χ2v) is 5.19. The Kier molecular flexibility index (Phi) is 3.36. The molecule has 2 aromatic heterocycles. The Morgan fingerprint density at radius 2 is 2.06 bits per heavy atom. The first-order valence-corrected chi connectivity index (χ1v) is 6.42. The second-order valence-electron chi connectivity index (χ2n) is 4.08. The van der Waals surface area contributed by atoms with E-state index in [2.05, 4.69) is 14.3 Å². The van der Waals surface area contributed by atoms with Crippen molar-refractivity contribution in [3.8, 4) is 5.13 Å². The van der Waals surface area contributed by atoms with Crippen LogP contribution in [0.2, 0.25) is 5.15 Å². The Labute approximate surface area is 111 Å². The third-order valence-corrected chi connectivity index (χ3v) is 3.47. The lowest BCUT2D eigenvalue weighted by Gasteiger charge is -2.08. The van der Waals surface area contributed by atoms with E-state index in [1.54, 1.807) is 6.92 Å². The summed E-state index contributed by atoms with van der Waals surface area (Å²) in [5.74, 6) is 0.421. The highest BCUT2D eigenvalue weighted by Crippen LogP contribution is 2.17. The minimum absolute atomic E-state index is 0.0810. The molecule has 0 aliphatic heterocycles. The zero-order chi connectivity index (χ0) is 13.4. The number of aromatic nitrogens is 4. The molecule has 6 nitrogen and oxygen atoms in total. The van der Waals surface area contributed by atoms with Gasteiger partial charge in [0, 0.05) is 11.5 Å². The molecule has 1 N–H and O–H groups in total. The number of nitrogens with zero attached hydrogens (tertiary/aromatic N) is 3. The molecule has 0 fully saturated rings. The van der Waals surface area contributed by atoms with Crippen LogP contribution in [0.4, 0.5) is 0 Å². The maximum absolute atomic E-state index is 12.3. The lowest BCUT2D eigenvalue weighted by atomic mass is 10.1. The van der Waals surface area contributed by atoms with Gasteiger partial charge in [-0.3, -0.25) is 9.78 Å². The van der Waals surface area contributed by atoms with Gasteiger partial charge in [0.25, 0.3) is 5.56 Å². The Bertz CT molecular complexity index is 701. The van der Waals surface area contributed by atoms with E-state index in [0.29, 0.717) is 11.4 Å². The standard InChI is InChI=1S/C10H11ClN4O2S/c1-4(2)6-7(11)13-9(17)15(8(6)16)10-12-5(3)14-18-10/h4H,1-3H3,(H,13,17). The average Bonchev–Trinajstić information content (AvgIpc) is 2.63. The van der Waals surface area contributed by atoms with Gasteiger partial charge < -0.3 is 0 Å². The molecule has 96 valence electrons. The number of rotatable bonds is 2. The fourth-order valence-corrected chi connectivity index (χ4v) is 2.63. The molecule has 0 aromatic carbocycles. The number of aromatic amines is 1. The minimum atomic E-state index is -0.606. The summed E-state index contributed by atoms with van der Waals surface area (Å²) in [5, 5.41) is 0.329. The summed E-state index contributed by atoms with van der Waals surface area (Å²) in [6, 6.07) is 0. The van der Waals surface area contributed by atoms with Crippen LogP contribution in [-0.4, -0.2) is 18.9 Å². The van der Waals surface area contributed by atoms with Crippen molar-refractivity contribution in [3.05, 3.63) is 37.4 Å². The highest BCUT2D eigenvalue weighted by molar-refractivity contribution is 7.08. The molecule has 0 aliphatic rings. The first-order valence-electron chi connectivity index (χ1n) is 5.27. The zero-order valence-electron chi connectivity index (χ0n) is 10.0. The molecule has 0 aliphatic carbocycles. The van der Waals surface area contributed by atoms with Gasteiger partial charge in [-0.15, -0.1) is 0 Å². The van der Waals surface area contributed by atoms with Crippen LogP contribution in [0.25, 0.3) is 5.13 Å². The topological polar surface area (TPSA) is 80.6 Å².